The number of urea groups is 1. The Morgan fingerprint density at radius 3 is 2.19 bits per heavy atom. The highest BCUT2D eigenvalue weighted by atomic mass is 35.5. The number of amides is 2. The zero-order chi connectivity index (χ0) is 12.2. The monoisotopic (exact) mass is 263 g/mol. The van der Waals surface area contributed by atoms with Crippen molar-refractivity contribution < 1.29 is 13.2 Å². The zero-order valence-corrected chi connectivity index (χ0v) is 9.68. The minimum Gasteiger partial charge on any atom is -0.351 e. The molecule has 88 valence electrons. The average molecular weight is 264 g/mol. The highest BCUT2D eigenvalue weighted by Crippen LogP contribution is 2.14. The van der Waals surface area contributed by atoms with E-state index in [4.69, 9.17) is 17.3 Å². The lowest BCUT2D eigenvalue weighted by Gasteiger charge is -2.06. The second kappa shape index (κ2) is 5.04. The van der Waals surface area contributed by atoms with Gasteiger partial charge in [0.2, 0.25) is 10.0 Å². The first-order valence-corrected chi connectivity index (χ1v) is 6.34. The van der Waals surface area contributed by atoms with Gasteiger partial charge < -0.3 is 11.1 Å². The Kier molecular flexibility index (Phi) is 3.97. The summed E-state index contributed by atoms with van der Waals surface area (Å²) in [5, 5.41) is 1.82. The summed E-state index contributed by atoms with van der Waals surface area (Å²) in [5.41, 5.74) is 5.74. The largest absolute Gasteiger partial charge is 0.351 e. The molecule has 8 heteroatoms. The Hall–Kier alpha value is -1.47. The number of sulfonamides is 1. The lowest BCUT2D eigenvalue weighted by atomic mass is 10.3. The van der Waals surface area contributed by atoms with Crippen LogP contribution in [-0.2, 0) is 10.0 Å². The molecule has 1 aromatic carbocycles. The van der Waals surface area contributed by atoms with Crippen molar-refractivity contribution in [3.8, 4) is 0 Å². The molecule has 0 atom stereocenters. The number of halogens is 1. The van der Waals surface area contributed by atoms with Crippen molar-refractivity contribution in [2.24, 2.45) is 5.73 Å². The van der Waals surface area contributed by atoms with E-state index in [1.165, 1.54) is 24.3 Å². The SMILES string of the molecule is NC(=O)Nc1ccc(NS(=O)(=O)CCl)cc1. The van der Waals surface area contributed by atoms with Gasteiger partial charge in [-0.15, -0.1) is 11.6 Å². The fourth-order valence-electron chi connectivity index (χ4n) is 0.971. The molecule has 0 saturated heterocycles. The van der Waals surface area contributed by atoms with Crippen molar-refractivity contribution in [1.29, 1.82) is 0 Å². The molecule has 0 bridgehead atoms. The summed E-state index contributed by atoms with van der Waals surface area (Å²) in [6.07, 6.45) is 0. The van der Waals surface area contributed by atoms with Crippen molar-refractivity contribution in [2.75, 3.05) is 15.3 Å². The highest BCUT2D eigenvalue weighted by Gasteiger charge is 2.07. The van der Waals surface area contributed by atoms with Crippen LogP contribution in [0.4, 0.5) is 16.2 Å². The molecule has 16 heavy (non-hydrogen) atoms. The molecule has 6 nitrogen and oxygen atoms in total. The van der Waals surface area contributed by atoms with E-state index >= 15 is 0 Å². The second-order valence-corrected chi connectivity index (χ2v) is 5.20. The van der Waals surface area contributed by atoms with Crippen LogP contribution in [0.2, 0.25) is 0 Å². The molecular formula is C8H10ClN3O3S. The maximum absolute atomic E-state index is 11.1. The standard InChI is InChI=1S/C8H10ClN3O3S/c9-5-16(14,15)12-7-3-1-6(2-4-7)11-8(10)13/h1-4,12H,5H2,(H3,10,11,13). The van der Waals surface area contributed by atoms with Crippen LogP contribution in [0.5, 0.6) is 0 Å². The third-order valence-corrected chi connectivity index (χ3v) is 3.27. The summed E-state index contributed by atoms with van der Waals surface area (Å²) in [6, 6.07) is 5.30. The number of nitrogens with two attached hydrogens (primary N) is 1. The van der Waals surface area contributed by atoms with E-state index in [1.807, 2.05) is 0 Å². The van der Waals surface area contributed by atoms with Crippen molar-refractivity contribution in [1.82, 2.24) is 0 Å². The molecule has 0 aliphatic rings. The van der Waals surface area contributed by atoms with Gasteiger partial charge in [-0.2, -0.15) is 0 Å². The summed E-state index contributed by atoms with van der Waals surface area (Å²) in [4.78, 5) is 10.5. The first-order valence-electron chi connectivity index (χ1n) is 4.16. The molecule has 0 heterocycles. The van der Waals surface area contributed by atoms with Gasteiger partial charge in [0.25, 0.3) is 0 Å². The van der Waals surface area contributed by atoms with Crippen LogP contribution < -0.4 is 15.8 Å². The Balaban J connectivity index is 2.76. The van der Waals surface area contributed by atoms with E-state index in [0.29, 0.717) is 11.4 Å². The molecule has 1 aromatic rings. The molecule has 0 aliphatic heterocycles. The number of rotatable bonds is 4. The number of benzene rings is 1. The van der Waals surface area contributed by atoms with E-state index in [-0.39, 0.29) is 0 Å². The molecule has 0 spiro atoms. The fraction of sp³-hybridized carbons (Fsp3) is 0.125. The molecule has 2 amide bonds. The third-order valence-electron chi connectivity index (χ3n) is 1.57. The first-order chi connectivity index (χ1) is 7.43. The zero-order valence-electron chi connectivity index (χ0n) is 8.10. The molecule has 0 saturated carbocycles. The normalized spacial score (nSPS) is 10.8. The number of anilines is 2. The van der Waals surface area contributed by atoms with Crippen LogP contribution in [0.25, 0.3) is 0 Å². The molecule has 0 fully saturated rings. The Labute approximate surface area is 97.8 Å². The lowest BCUT2D eigenvalue weighted by Crippen LogP contribution is -2.19. The number of hydrogen-bond donors (Lipinski definition) is 3. The van der Waals surface area contributed by atoms with Gasteiger partial charge in [-0.25, -0.2) is 13.2 Å². The van der Waals surface area contributed by atoms with E-state index < -0.39 is 21.3 Å². The van der Waals surface area contributed by atoms with E-state index in [1.54, 1.807) is 0 Å². The predicted molar refractivity (Wildman–Crippen MR) is 62.9 cm³/mol. The van der Waals surface area contributed by atoms with Gasteiger partial charge in [-0.1, -0.05) is 0 Å². The number of hydrogen-bond acceptors (Lipinski definition) is 3. The molecular weight excluding hydrogens is 254 g/mol. The molecule has 0 aromatic heterocycles. The average Bonchev–Trinajstić information content (AvgIpc) is 2.20. The molecule has 0 radical (unpaired) electrons. The van der Waals surface area contributed by atoms with Crippen LogP contribution in [0, 0.1) is 0 Å². The summed E-state index contributed by atoms with van der Waals surface area (Å²) in [6.45, 7) is 0. The number of carbonyl (C=O) groups is 1. The summed E-state index contributed by atoms with van der Waals surface area (Å²) in [5.74, 6) is 0. The maximum atomic E-state index is 11.1. The van der Waals surface area contributed by atoms with Crippen LogP contribution in [0.15, 0.2) is 24.3 Å². The predicted octanol–water partition coefficient (Wildman–Crippen LogP) is 1.12. The maximum Gasteiger partial charge on any atom is 0.316 e. The van der Waals surface area contributed by atoms with Crippen molar-refractivity contribution in [2.45, 2.75) is 0 Å². The van der Waals surface area contributed by atoms with Gasteiger partial charge in [0.15, 0.2) is 0 Å². The van der Waals surface area contributed by atoms with Crippen molar-refractivity contribution in [3.05, 3.63) is 24.3 Å². The highest BCUT2D eigenvalue weighted by molar-refractivity contribution is 7.93. The minimum absolute atomic E-state index is 0.357. The number of carbonyl (C=O) groups excluding carboxylic acids is 1. The van der Waals surface area contributed by atoms with Crippen LogP contribution >= 0.6 is 11.6 Å². The Morgan fingerprint density at radius 1 is 1.25 bits per heavy atom. The van der Waals surface area contributed by atoms with Gasteiger partial charge >= 0.3 is 6.03 Å². The molecule has 0 aliphatic carbocycles. The fourth-order valence-corrected chi connectivity index (χ4v) is 1.68. The van der Waals surface area contributed by atoms with E-state index in [0.717, 1.165) is 0 Å². The summed E-state index contributed by atoms with van der Waals surface area (Å²) < 4.78 is 24.4. The first kappa shape index (κ1) is 12.6. The van der Waals surface area contributed by atoms with Gasteiger partial charge in [-0.3, -0.25) is 4.72 Å². The minimum atomic E-state index is -3.51. The Bertz CT molecular complexity index is 472. The van der Waals surface area contributed by atoms with E-state index in [2.05, 4.69) is 10.0 Å². The molecule has 1 rings (SSSR count). The van der Waals surface area contributed by atoms with Gasteiger partial charge in [0.1, 0.15) is 5.21 Å². The summed E-state index contributed by atoms with van der Waals surface area (Å²) in [7, 11) is -3.51. The van der Waals surface area contributed by atoms with Crippen molar-refractivity contribution >= 4 is 39.0 Å². The van der Waals surface area contributed by atoms with Crippen LogP contribution in [-0.4, -0.2) is 19.7 Å². The van der Waals surface area contributed by atoms with Gasteiger partial charge in [-0.05, 0) is 24.3 Å². The molecule has 4 N–H and O–H groups in total. The van der Waals surface area contributed by atoms with Crippen molar-refractivity contribution in [3.63, 3.8) is 0 Å². The van der Waals surface area contributed by atoms with E-state index in [9.17, 15) is 13.2 Å². The molecule has 0 unspecified atom stereocenters. The summed E-state index contributed by atoms with van der Waals surface area (Å²) >= 11 is 5.22. The smallest absolute Gasteiger partial charge is 0.316 e. The van der Waals surface area contributed by atoms with Gasteiger partial charge in [0.05, 0.1) is 0 Å². The Morgan fingerprint density at radius 2 is 1.75 bits per heavy atom. The number of primary amides is 1. The number of nitrogens with one attached hydrogen (secondary N) is 2. The lowest BCUT2D eigenvalue weighted by molar-refractivity contribution is 0.259. The van der Waals surface area contributed by atoms with Gasteiger partial charge in [0, 0.05) is 11.4 Å². The topological polar surface area (TPSA) is 101 Å². The quantitative estimate of drug-likeness (QED) is 0.709. The third kappa shape index (κ3) is 3.95. The van der Waals surface area contributed by atoms with Crippen LogP contribution in [0.3, 0.4) is 0 Å². The van der Waals surface area contributed by atoms with Crippen LogP contribution in [0.1, 0.15) is 0 Å². The second-order valence-electron chi connectivity index (χ2n) is 2.89. The number of alkyl halides is 1.